The second-order valence-electron chi connectivity index (χ2n) is 5.85. The van der Waals surface area contributed by atoms with Gasteiger partial charge in [0.1, 0.15) is 5.76 Å². The Morgan fingerprint density at radius 1 is 1.35 bits per heavy atom. The number of aliphatic imine (C=N–C) groups is 1. The van der Waals surface area contributed by atoms with Crippen molar-refractivity contribution in [3.8, 4) is 0 Å². The van der Waals surface area contributed by atoms with E-state index in [1.165, 1.54) is 24.8 Å². The molecule has 130 valence electrons. The predicted octanol–water partition coefficient (Wildman–Crippen LogP) is 3.48. The average molecular weight is 320 g/mol. The Balaban J connectivity index is 2.47. The number of allylic oxidation sites excluding steroid dienone is 1. The maximum Gasteiger partial charge on any atom is 0.193 e. The van der Waals surface area contributed by atoms with Gasteiger partial charge in [-0.25, -0.2) is 0 Å². The molecular weight excluding hydrogens is 288 g/mol. The molecule has 1 aromatic heterocycles. The molecular formula is C18H32N4O. The van der Waals surface area contributed by atoms with E-state index in [2.05, 4.69) is 35.9 Å². The van der Waals surface area contributed by atoms with Crippen LogP contribution in [0.1, 0.15) is 49.6 Å². The van der Waals surface area contributed by atoms with Crippen LogP contribution in [0.15, 0.2) is 22.2 Å². The topological polar surface area (TPSA) is 53.7 Å². The number of hydrogen-bond acceptors (Lipinski definition) is 3. The van der Waals surface area contributed by atoms with Crippen LogP contribution in [0.4, 0.5) is 0 Å². The zero-order chi connectivity index (χ0) is 17.1. The summed E-state index contributed by atoms with van der Waals surface area (Å²) in [6, 6.07) is 0. The molecule has 1 aromatic rings. The smallest absolute Gasteiger partial charge is 0.193 e. The Hall–Kier alpha value is -1.78. The molecule has 0 aromatic carbocycles. The average Bonchev–Trinajstić information content (AvgIpc) is 2.85. The lowest BCUT2D eigenvalue weighted by molar-refractivity contribution is 0.392. The maximum absolute atomic E-state index is 5.20. The van der Waals surface area contributed by atoms with Gasteiger partial charge in [-0.3, -0.25) is 4.99 Å². The summed E-state index contributed by atoms with van der Waals surface area (Å²) in [6.07, 6.45) is 7.59. The Morgan fingerprint density at radius 2 is 2.13 bits per heavy atom. The van der Waals surface area contributed by atoms with Crippen LogP contribution in [0.25, 0.3) is 0 Å². The van der Waals surface area contributed by atoms with Gasteiger partial charge in [-0.2, -0.15) is 0 Å². The minimum Gasteiger partial charge on any atom is -0.361 e. The molecule has 1 heterocycles. The zero-order valence-electron chi connectivity index (χ0n) is 15.2. The fraction of sp³-hybridized carbons (Fsp3) is 0.667. The molecule has 0 aliphatic carbocycles. The van der Waals surface area contributed by atoms with Gasteiger partial charge in [0, 0.05) is 32.2 Å². The lowest BCUT2D eigenvalue weighted by Gasteiger charge is -2.22. The Bertz CT molecular complexity index is 474. The summed E-state index contributed by atoms with van der Waals surface area (Å²) in [6.45, 7) is 12.4. The molecule has 0 atom stereocenters. The highest BCUT2D eigenvalue weighted by Crippen LogP contribution is 2.12. The van der Waals surface area contributed by atoms with Gasteiger partial charge >= 0.3 is 0 Å². The van der Waals surface area contributed by atoms with Gasteiger partial charge < -0.3 is 14.7 Å². The monoisotopic (exact) mass is 320 g/mol. The molecule has 0 saturated carbocycles. The van der Waals surface area contributed by atoms with Crippen molar-refractivity contribution in [1.82, 2.24) is 15.4 Å². The predicted molar refractivity (Wildman–Crippen MR) is 97.0 cm³/mol. The van der Waals surface area contributed by atoms with Crippen molar-refractivity contribution < 1.29 is 4.52 Å². The van der Waals surface area contributed by atoms with Crippen LogP contribution in [0, 0.1) is 13.8 Å². The third kappa shape index (κ3) is 6.89. The lowest BCUT2D eigenvalue weighted by atomic mass is 10.1. The minimum atomic E-state index is 0.742. The third-order valence-corrected chi connectivity index (χ3v) is 3.90. The van der Waals surface area contributed by atoms with Gasteiger partial charge in [-0.15, -0.1) is 6.58 Å². The maximum atomic E-state index is 5.20. The molecule has 0 spiro atoms. The van der Waals surface area contributed by atoms with Crippen molar-refractivity contribution >= 4 is 5.96 Å². The summed E-state index contributed by atoms with van der Waals surface area (Å²) >= 11 is 0. The van der Waals surface area contributed by atoms with Gasteiger partial charge in [-0.05, 0) is 46.5 Å². The van der Waals surface area contributed by atoms with Gasteiger partial charge in [-0.1, -0.05) is 17.7 Å². The number of aromatic nitrogens is 1. The lowest BCUT2D eigenvalue weighted by Crippen LogP contribution is -2.39. The molecule has 0 saturated heterocycles. The van der Waals surface area contributed by atoms with E-state index in [1.54, 1.807) is 0 Å². The fourth-order valence-electron chi connectivity index (χ4n) is 2.52. The number of rotatable bonds is 10. The normalized spacial score (nSPS) is 11.6. The van der Waals surface area contributed by atoms with Crippen LogP contribution in [0.2, 0.25) is 0 Å². The molecule has 1 N–H and O–H groups in total. The van der Waals surface area contributed by atoms with Crippen molar-refractivity contribution in [2.75, 3.05) is 26.7 Å². The summed E-state index contributed by atoms with van der Waals surface area (Å²) in [7, 11) is 2.10. The molecule has 23 heavy (non-hydrogen) atoms. The number of nitrogens with one attached hydrogen (secondary N) is 1. The fourth-order valence-corrected chi connectivity index (χ4v) is 2.52. The molecule has 0 radical (unpaired) electrons. The van der Waals surface area contributed by atoms with E-state index in [4.69, 9.17) is 9.52 Å². The van der Waals surface area contributed by atoms with E-state index >= 15 is 0 Å². The Kier molecular flexibility index (Phi) is 9.10. The Labute approximate surface area is 140 Å². The van der Waals surface area contributed by atoms with Gasteiger partial charge in [0.25, 0.3) is 0 Å². The third-order valence-electron chi connectivity index (χ3n) is 3.90. The van der Waals surface area contributed by atoms with E-state index in [0.29, 0.717) is 0 Å². The van der Waals surface area contributed by atoms with E-state index in [1.807, 2.05) is 19.9 Å². The van der Waals surface area contributed by atoms with Crippen molar-refractivity contribution in [3.63, 3.8) is 0 Å². The molecule has 5 nitrogen and oxygen atoms in total. The summed E-state index contributed by atoms with van der Waals surface area (Å²) in [5.41, 5.74) is 2.15. The highest BCUT2D eigenvalue weighted by Gasteiger charge is 2.09. The Morgan fingerprint density at radius 3 is 2.74 bits per heavy atom. The molecule has 0 unspecified atom stereocenters. The first-order chi connectivity index (χ1) is 11.1. The number of aryl methyl sites for hydroxylation is 2. The summed E-state index contributed by atoms with van der Waals surface area (Å²) < 4.78 is 5.20. The van der Waals surface area contributed by atoms with Gasteiger partial charge in [0.2, 0.25) is 0 Å². The number of unbranched alkanes of at least 4 members (excludes halogenated alkanes) is 3. The second-order valence-corrected chi connectivity index (χ2v) is 5.85. The van der Waals surface area contributed by atoms with Crippen LogP contribution >= 0.6 is 0 Å². The first kappa shape index (κ1) is 19.3. The van der Waals surface area contributed by atoms with E-state index in [0.717, 1.165) is 49.9 Å². The van der Waals surface area contributed by atoms with E-state index in [9.17, 15) is 0 Å². The van der Waals surface area contributed by atoms with Crippen LogP contribution in [-0.4, -0.2) is 42.7 Å². The van der Waals surface area contributed by atoms with Crippen molar-refractivity contribution in [1.29, 1.82) is 0 Å². The van der Waals surface area contributed by atoms with Gasteiger partial charge in [0.15, 0.2) is 5.96 Å². The quantitative estimate of drug-likeness (QED) is 0.310. The molecule has 0 aliphatic heterocycles. The molecule has 5 heteroatoms. The molecule has 1 rings (SSSR count). The number of guanidine groups is 1. The first-order valence-corrected chi connectivity index (χ1v) is 8.62. The SMILES string of the molecule is C=CCCCCCN(C)C(=NCCc1c(C)noc1C)NCC. The highest BCUT2D eigenvalue weighted by molar-refractivity contribution is 5.79. The minimum absolute atomic E-state index is 0.742. The summed E-state index contributed by atoms with van der Waals surface area (Å²) in [5, 5.41) is 7.36. The van der Waals surface area contributed by atoms with Crippen molar-refractivity contribution in [3.05, 3.63) is 29.7 Å². The summed E-state index contributed by atoms with van der Waals surface area (Å²) in [5.74, 6) is 1.88. The summed E-state index contributed by atoms with van der Waals surface area (Å²) in [4.78, 5) is 6.94. The number of nitrogens with zero attached hydrogens (tertiary/aromatic N) is 3. The van der Waals surface area contributed by atoms with Crippen LogP contribution in [-0.2, 0) is 6.42 Å². The molecule has 0 fully saturated rings. The van der Waals surface area contributed by atoms with E-state index in [-0.39, 0.29) is 0 Å². The van der Waals surface area contributed by atoms with Crippen molar-refractivity contribution in [2.45, 2.75) is 52.9 Å². The number of hydrogen-bond donors (Lipinski definition) is 1. The zero-order valence-corrected chi connectivity index (χ0v) is 15.2. The van der Waals surface area contributed by atoms with Crippen LogP contribution < -0.4 is 5.32 Å². The van der Waals surface area contributed by atoms with Crippen LogP contribution in [0.3, 0.4) is 0 Å². The first-order valence-electron chi connectivity index (χ1n) is 8.62. The highest BCUT2D eigenvalue weighted by atomic mass is 16.5. The largest absolute Gasteiger partial charge is 0.361 e. The van der Waals surface area contributed by atoms with Crippen molar-refractivity contribution in [2.24, 2.45) is 4.99 Å². The molecule has 0 aliphatic rings. The van der Waals surface area contributed by atoms with Gasteiger partial charge in [0.05, 0.1) is 5.69 Å². The van der Waals surface area contributed by atoms with E-state index < -0.39 is 0 Å². The second kappa shape index (κ2) is 10.9. The van der Waals surface area contributed by atoms with Crippen LogP contribution in [0.5, 0.6) is 0 Å². The standard InChI is InChI=1S/C18H32N4O/c1-6-8-9-10-11-14-22(5)18(19-7-2)20-13-12-17-15(3)21-23-16(17)4/h6H,1,7-14H2,2-5H3,(H,19,20). The molecule has 0 bridgehead atoms. The molecule has 0 amide bonds.